The number of carbonyl (C=O) groups is 2. The molecule has 0 aliphatic heterocycles. The highest BCUT2D eigenvalue weighted by molar-refractivity contribution is 7.99. The molecule has 0 bridgehead atoms. The van der Waals surface area contributed by atoms with Crippen molar-refractivity contribution >= 4 is 29.3 Å². The second kappa shape index (κ2) is 10.2. The highest BCUT2D eigenvalue weighted by atomic mass is 32.2. The van der Waals surface area contributed by atoms with Crippen molar-refractivity contribution in [2.45, 2.75) is 18.1 Å². The zero-order valence-electron chi connectivity index (χ0n) is 18.3. The summed E-state index contributed by atoms with van der Waals surface area (Å²) in [5.74, 6) is -0.0538. The predicted octanol–water partition coefficient (Wildman–Crippen LogP) is 3.83. The Balaban J connectivity index is 1.29. The first-order valence-electron chi connectivity index (χ1n) is 10.4. The van der Waals surface area contributed by atoms with Gasteiger partial charge in [-0.2, -0.15) is 0 Å². The third kappa shape index (κ3) is 5.69. The minimum atomic E-state index is -0.176. The normalized spacial score (nSPS) is 11.7. The molecule has 0 spiro atoms. The van der Waals surface area contributed by atoms with Gasteiger partial charge in [-0.15, -0.1) is 0 Å². The van der Waals surface area contributed by atoms with Crippen LogP contribution in [-0.4, -0.2) is 36.7 Å². The lowest BCUT2D eigenvalue weighted by atomic mass is 10.1. The molecular weight excluding hydrogens is 436 g/mol. The van der Waals surface area contributed by atoms with Crippen LogP contribution in [0.3, 0.4) is 0 Å². The summed E-state index contributed by atoms with van der Waals surface area (Å²) in [5.41, 5.74) is 3.17. The van der Waals surface area contributed by atoms with E-state index in [-0.39, 0.29) is 23.6 Å². The van der Waals surface area contributed by atoms with Crippen LogP contribution in [-0.2, 0) is 11.8 Å². The molecule has 33 heavy (non-hydrogen) atoms. The fraction of sp³-hybridized carbons (Fsp3) is 0.167. The van der Waals surface area contributed by atoms with Gasteiger partial charge in [-0.25, -0.2) is 9.97 Å². The number of carbonyl (C=O) groups excluding carboxylic acids is 2. The van der Waals surface area contributed by atoms with Crippen LogP contribution < -0.4 is 10.6 Å². The highest BCUT2D eigenvalue weighted by Gasteiger charge is 2.12. The fourth-order valence-corrected chi connectivity index (χ4v) is 3.97. The number of aryl methyl sites for hydroxylation is 1. The van der Waals surface area contributed by atoms with Gasteiger partial charge in [-0.05, 0) is 48.9 Å². The van der Waals surface area contributed by atoms with Crippen LogP contribution >= 0.6 is 11.8 Å². The van der Waals surface area contributed by atoms with Gasteiger partial charge in [0.25, 0.3) is 5.91 Å². The lowest BCUT2D eigenvalue weighted by Gasteiger charge is -2.15. The van der Waals surface area contributed by atoms with E-state index in [0.717, 1.165) is 16.4 Å². The summed E-state index contributed by atoms with van der Waals surface area (Å²) in [6.45, 7) is 1.94. The van der Waals surface area contributed by atoms with Crippen molar-refractivity contribution in [2.75, 3.05) is 11.1 Å². The SMILES string of the molecule is C[C@@H](NC(=O)c1ccc(NC(=O)CSc2nccn2C)cc1)c1ccc(-n2ccnc2)cc1. The molecule has 9 heteroatoms. The van der Waals surface area contributed by atoms with Crippen molar-refractivity contribution in [1.82, 2.24) is 24.4 Å². The number of anilines is 1. The summed E-state index contributed by atoms with van der Waals surface area (Å²) in [7, 11) is 1.88. The standard InChI is InChI=1S/C24H24N6O2S/c1-17(18-5-9-21(10-6-18)30-14-11-25-16-30)27-23(32)19-3-7-20(8-4-19)28-22(31)15-33-24-26-12-13-29(24)2/h3-14,16-17H,15H2,1-2H3,(H,27,32)(H,28,31)/t17-/m1/s1. The number of rotatable bonds is 8. The summed E-state index contributed by atoms with van der Waals surface area (Å²) in [6, 6.07) is 14.6. The van der Waals surface area contributed by atoms with Crippen LogP contribution in [0, 0.1) is 0 Å². The molecule has 1 atom stereocenters. The van der Waals surface area contributed by atoms with E-state index >= 15 is 0 Å². The number of aromatic nitrogens is 4. The number of amides is 2. The summed E-state index contributed by atoms with van der Waals surface area (Å²) in [5, 5.41) is 6.63. The molecule has 0 aliphatic carbocycles. The third-order valence-corrected chi connectivity index (χ3v) is 6.14. The van der Waals surface area contributed by atoms with Gasteiger partial charge in [0.05, 0.1) is 18.1 Å². The Morgan fingerprint density at radius 2 is 1.79 bits per heavy atom. The van der Waals surface area contributed by atoms with E-state index in [1.807, 2.05) is 59.8 Å². The number of thioether (sulfide) groups is 1. The highest BCUT2D eigenvalue weighted by Crippen LogP contribution is 2.18. The molecule has 4 rings (SSSR count). The molecule has 0 fully saturated rings. The van der Waals surface area contributed by atoms with Crippen LogP contribution in [0.25, 0.3) is 5.69 Å². The van der Waals surface area contributed by atoms with Gasteiger partial charge in [-0.3, -0.25) is 9.59 Å². The zero-order chi connectivity index (χ0) is 23.2. The van der Waals surface area contributed by atoms with Crippen molar-refractivity contribution in [3.63, 3.8) is 0 Å². The molecule has 8 nitrogen and oxygen atoms in total. The quantitative estimate of drug-likeness (QED) is 0.390. The van der Waals surface area contributed by atoms with Crippen LogP contribution in [0.1, 0.15) is 28.9 Å². The van der Waals surface area contributed by atoms with Crippen LogP contribution in [0.5, 0.6) is 0 Å². The maximum absolute atomic E-state index is 12.7. The molecule has 0 saturated heterocycles. The molecular formula is C24H24N6O2S. The van der Waals surface area contributed by atoms with E-state index in [4.69, 9.17) is 0 Å². The predicted molar refractivity (Wildman–Crippen MR) is 128 cm³/mol. The van der Waals surface area contributed by atoms with E-state index in [1.165, 1.54) is 11.8 Å². The van der Waals surface area contributed by atoms with E-state index in [0.29, 0.717) is 11.3 Å². The lowest BCUT2D eigenvalue weighted by Crippen LogP contribution is -2.26. The second-order valence-electron chi connectivity index (χ2n) is 7.49. The molecule has 2 N–H and O–H groups in total. The summed E-state index contributed by atoms with van der Waals surface area (Å²) in [4.78, 5) is 33.1. The van der Waals surface area contributed by atoms with Gasteiger partial charge in [0, 0.05) is 48.8 Å². The van der Waals surface area contributed by atoms with E-state index < -0.39 is 0 Å². The number of hydrogen-bond donors (Lipinski definition) is 2. The van der Waals surface area contributed by atoms with Gasteiger partial charge in [0.1, 0.15) is 0 Å². The molecule has 0 unspecified atom stereocenters. The van der Waals surface area contributed by atoms with Crippen LogP contribution in [0.15, 0.2) is 84.8 Å². The van der Waals surface area contributed by atoms with Gasteiger partial charge >= 0.3 is 0 Å². The van der Waals surface area contributed by atoms with Crippen molar-refractivity contribution in [3.8, 4) is 5.69 Å². The number of nitrogens with one attached hydrogen (secondary N) is 2. The number of hydrogen-bond acceptors (Lipinski definition) is 5. The average Bonchev–Trinajstić information content (AvgIpc) is 3.50. The van der Waals surface area contributed by atoms with Gasteiger partial charge in [-0.1, -0.05) is 23.9 Å². The molecule has 2 heterocycles. The second-order valence-corrected chi connectivity index (χ2v) is 8.43. The van der Waals surface area contributed by atoms with Crippen LogP contribution in [0.2, 0.25) is 0 Å². The minimum Gasteiger partial charge on any atom is -0.346 e. The molecule has 0 saturated carbocycles. The Bertz CT molecular complexity index is 1220. The monoisotopic (exact) mass is 460 g/mol. The van der Waals surface area contributed by atoms with E-state index in [2.05, 4.69) is 20.6 Å². The first-order valence-corrected chi connectivity index (χ1v) is 11.4. The topological polar surface area (TPSA) is 93.8 Å². The van der Waals surface area contributed by atoms with Crippen molar-refractivity contribution in [3.05, 3.63) is 90.8 Å². The van der Waals surface area contributed by atoms with Gasteiger partial charge in [0.15, 0.2) is 5.16 Å². The lowest BCUT2D eigenvalue weighted by molar-refractivity contribution is -0.113. The number of nitrogens with zero attached hydrogens (tertiary/aromatic N) is 4. The molecule has 0 aliphatic rings. The Labute approximate surface area is 196 Å². The maximum Gasteiger partial charge on any atom is 0.251 e. The van der Waals surface area contributed by atoms with E-state index in [9.17, 15) is 9.59 Å². The van der Waals surface area contributed by atoms with E-state index in [1.54, 1.807) is 43.0 Å². The first-order chi connectivity index (χ1) is 16.0. The number of imidazole rings is 2. The van der Waals surface area contributed by atoms with Crippen molar-refractivity contribution in [1.29, 1.82) is 0 Å². The zero-order valence-corrected chi connectivity index (χ0v) is 19.1. The van der Waals surface area contributed by atoms with Crippen molar-refractivity contribution in [2.24, 2.45) is 7.05 Å². The third-order valence-electron chi connectivity index (χ3n) is 5.08. The minimum absolute atomic E-state index is 0.132. The number of benzene rings is 2. The maximum atomic E-state index is 12.7. The summed E-state index contributed by atoms with van der Waals surface area (Å²) >= 11 is 1.37. The summed E-state index contributed by atoms with van der Waals surface area (Å²) in [6.07, 6.45) is 8.88. The molecule has 2 aromatic heterocycles. The van der Waals surface area contributed by atoms with Gasteiger partial charge < -0.3 is 19.8 Å². The first kappa shape index (κ1) is 22.3. The molecule has 2 amide bonds. The van der Waals surface area contributed by atoms with Crippen molar-refractivity contribution < 1.29 is 9.59 Å². The Morgan fingerprint density at radius 1 is 1.03 bits per heavy atom. The van der Waals surface area contributed by atoms with Crippen LogP contribution in [0.4, 0.5) is 5.69 Å². The Hall–Kier alpha value is -3.85. The molecule has 0 radical (unpaired) electrons. The fourth-order valence-electron chi connectivity index (χ4n) is 3.23. The Morgan fingerprint density at radius 3 is 2.42 bits per heavy atom. The molecule has 168 valence electrons. The average molecular weight is 461 g/mol. The largest absolute Gasteiger partial charge is 0.346 e. The summed E-state index contributed by atoms with van der Waals surface area (Å²) < 4.78 is 3.78. The van der Waals surface area contributed by atoms with Gasteiger partial charge in [0.2, 0.25) is 5.91 Å². The smallest absolute Gasteiger partial charge is 0.251 e. The molecule has 2 aromatic carbocycles. The Kier molecular flexibility index (Phi) is 6.89. The molecule has 4 aromatic rings.